The molecule has 0 saturated carbocycles. The highest BCUT2D eigenvalue weighted by atomic mass is 35.5. The Morgan fingerprint density at radius 1 is 1.10 bits per heavy atom. The Bertz CT molecular complexity index is 958. The Morgan fingerprint density at radius 3 is 2.48 bits per heavy atom. The number of rotatable bonds is 8. The molecule has 0 bridgehead atoms. The lowest BCUT2D eigenvalue weighted by Crippen LogP contribution is -2.39. The van der Waals surface area contributed by atoms with E-state index in [2.05, 4.69) is 23.7 Å². The topological polar surface area (TPSA) is 36.4 Å². The highest BCUT2D eigenvalue weighted by molar-refractivity contribution is 7.22. The van der Waals surface area contributed by atoms with Crippen LogP contribution in [0, 0.1) is 12.7 Å². The number of carbonyl (C=O) groups is 1. The van der Waals surface area contributed by atoms with Crippen molar-refractivity contribution in [2.24, 2.45) is 0 Å². The molecule has 0 aliphatic heterocycles. The van der Waals surface area contributed by atoms with Crippen LogP contribution in [0.2, 0.25) is 0 Å². The van der Waals surface area contributed by atoms with E-state index in [1.165, 1.54) is 17.4 Å². The first-order chi connectivity index (χ1) is 13.5. The average Bonchev–Trinajstić information content (AvgIpc) is 3.10. The zero-order chi connectivity index (χ0) is 20.1. The van der Waals surface area contributed by atoms with Crippen molar-refractivity contribution in [1.29, 1.82) is 0 Å². The van der Waals surface area contributed by atoms with Gasteiger partial charge in [-0.2, -0.15) is 0 Å². The van der Waals surface area contributed by atoms with Gasteiger partial charge in [0.2, 0.25) is 5.91 Å². The maximum Gasteiger partial charge on any atom is 0.233 e. The van der Waals surface area contributed by atoms with Crippen LogP contribution in [-0.4, -0.2) is 42.0 Å². The third kappa shape index (κ3) is 5.75. The number of aromatic nitrogens is 1. The minimum atomic E-state index is -0.352. The molecule has 0 fully saturated rings. The van der Waals surface area contributed by atoms with Gasteiger partial charge in [0.15, 0.2) is 5.13 Å². The Kier molecular flexibility index (Phi) is 8.56. The summed E-state index contributed by atoms with van der Waals surface area (Å²) in [5, 5.41) is 0.560. The fourth-order valence-corrected chi connectivity index (χ4v) is 4.24. The summed E-state index contributed by atoms with van der Waals surface area (Å²) in [4.78, 5) is 21.6. The lowest BCUT2D eigenvalue weighted by Gasteiger charge is -2.24. The summed E-state index contributed by atoms with van der Waals surface area (Å²) in [6.07, 6.45) is 0.304. The highest BCUT2D eigenvalue weighted by Crippen LogP contribution is 2.30. The summed E-state index contributed by atoms with van der Waals surface area (Å²) in [6, 6.07) is 12.9. The molecule has 1 heterocycles. The van der Waals surface area contributed by atoms with Gasteiger partial charge in [-0.1, -0.05) is 61.1 Å². The van der Waals surface area contributed by atoms with E-state index in [9.17, 15) is 9.18 Å². The molecule has 1 amide bonds. The monoisotopic (exact) mass is 435 g/mol. The van der Waals surface area contributed by atoms with E-state index >= 15 is 0 Å². The van der Waals surface area contributed by atoms with Gasteiger partial charge in [0.05, 0.1) is 11.1 Å². The standard InChI is InChI=1S/C22H26FN3OS.ClH/c1-4-25(5-2)12-13-26(20(27)15-17-9-6-8-16(3)14-17)22-24-21-18(23)10-7-11-19(21)28-22;/h6-11,14H,4-5,12-13,15H2,1-3H3;1H. The van der Waals surface area contributed by atoms with Crippen molar-refractivity contribution in [3.05, 3.63) is 59.4 Å². The van der Waals surface area contributed by atoms with E-state index in [-0.39, 0.29) is 24.1 Å². The van der Waals surface area contributed by atoms with Crippen LogP contribution in [0.25, 0.3) is 10.2 Å². The third-order valence-corrected chi connectivity index (χ3v) is 5.91. The maximum absolute atomic E-state index is 14.1. The highest BCUT2D eigenvalue weighted by Gasteiger charge is 2.21. The molecule has 0 spiro atoms. The molecule has 0 radical (unpaired) electrons. The minimum absolute atomic E-state index is 0. The van der Waals surface area contributed by atoms with Crippen LogP contribution in [-0.2, 0) is 11.2 Å². The molecule has 0 aliphatic rings. The smallest absolute Gasteiger partial charge is 0.233 e. The number of halogens is 2. The van der Waals surface area contributed by atoms with E-state index in [0.717, 1.165) is 35.5 Å². The molecule has 0 N–H and O–H groups in total. The predicted molar refractivity (Wildman–Crippen MR) is 122 cm³/mol. The number of likely N-dealkylation sites (N-methyl/N-ethyl adjacent to an activating group) is 1. The number of para-hydroxylation sites is 1. The number of fused-ring (bicyclic) bond motifs is 1. The fraction of sp³-hybridized carbons (Fsp3) is 0.364. The molecule has 3 rings (SSSR count). The second-order valence-corrected chi connectivity index (χ2v) is 7.83. The van der Waals surface area contributed by atoms with Crippen LogP contribution in [0.1, 0.15) is 25.0 Å². The molecule has 0 aliphatic carbocycles. The van der Waals surface area contributed by atoms with Gasteiger partial charge >= 0.3 is 0 Å². The summed E-state index contributed by atoms with van der Waals surface area (Å²) >= 11 is 1.36. The van der Waals surface area contributed by atoms with E-state index in [0.29, 0.717) is 23.6 Å². The Morgan fingerprint density at radius 2 is 1.83 bits per heavy atom. The Hall–Kier alpha value is -2.02. The Balaban J connectivity index is 0.00000300. The average molecular weight is 436 g/mol. The summed E-state index contributed by atoms with van der Waals surface area (Å²) in [7, 11) is 0. The number of anilines is 1. The molecule has 0 unspecified atom stereocenters. The number of carbonyl (C=O) groups excluding carboxylic acids is 1. The largest absolute Gasteiger partial charge is 0.302 e. The first-order valence-corrected chi connectivity index (χ1v) is 10.5. The van der Waals surface area contributed by atoms with Crippen molar-refractivity contribution in [3.63, 3.8) is 0 Å². The van der Waals surface area contributed by atoms with Crippen LogP contribution >= 0.6 is 23.7 Å². The fourth-order valence-electron chi connectivity index (χ4n) is 3.22. The van der Waals surface area contributed by atoms with Gasteiger partial charge in [0.1, 0.15) is 11.3 Å². The van der Waals surface area contributed by atoms with E-state index in [4.69, 9.17) is 0 Å². The lowest BCUT2D eigenvalue weighted by atomic mass is 10.1. The third-order valence-electron chi connectivity index (χ3n) is 4.86. The number of hydrogen-bond donors (Lipinski definition) is 0. The van der Waals surface area contributed by atoms with Crippen molar-refractivity contribution in [2.45, 2.75) is 27.2 Å². The molecule has 2 aromatic carbocycles. The normalized spacial score (nSPS) is 10.9. The quantitative estimate of drug-likeness (QED) is 0.494. The SMILES string of the molecule is CCN(CC)CCN(C(=O)Cc1cccc(C)c1)c1nc2c(F)cccc2s1.Cl. The van der Waals surface area contributed by atoms with E-state index < -0.39 is 0 Å². The second kappa shape index (κ2) is 10.7. The van der Waals surface area contributed by atoms with Crippen LogP contribution in [0.5, 0.6) is 0 Å². The summed E-state index contributed by atoms with van der Waals surface area (Å²) in [5.74, 6) is -0.368. The van der Waals surface area contributed by atoms with Gasteiger partial charge in [0.25, 0.3) is 0 Å². The van der Waals surface area contributed by atoms with Gasteiger partial charge in [-0.05, 0) is 37.7 Å². The van der Waals surface area contributed by atoms with Crippen molar-refractivity contribution >= 4 is 45.0 Å². The van der Waals surface area contributed by atoms with Crippen LogP contribution in [0.4, 0.5) is 9.52 Å². The Labute approximate surface area is 181 Å². The molecule has 3 aromatic rings. The number of aryl methyl sites for hydroxylation is 1. The van der Waals surface area contributed by atoms with E-state index in [1.807, 2.05) is 37.3 Å². The first kappa shape index (κ1) is 23.3. The van der Waals surface area contributed by atoms with Crippen molar-refractivity contribution in [1.82, 2.24) is 9.88 Å². The number of amides is 1. The molecule has 4 nitrogen and oxygen atoms in total. The predicted octanol–water partition coefficient (Wildman–Crippen LogP) is 5.08. The molecule has 0 atom stereocenters. The zero-order valence-electron chi connectivity index (χ0n) is 17.0. The van der Waals surface area contributed by atoms with Crippen LogP contribution in [0.3, 0.4) is 0 Å². The second-order valence-electron chi connectivity index (χ2n) is 6.82. The van der Waals surface area contributed by atoms with Crippen LogP contribution < -0.4 is 4.90 Å². The lowest BCUT2D eigenvalue weighted by molar-refractivity contribution is -0.118. The number of thiazole rings is 1. The first-order valence-electron chi connectivity index (χ1n) is 9.65. The van der Waals surface area contributed by atoms with Gasteiger partial charge in [-0.25, -0.2) is 9.37 Å². The van der Waals surface area contributed by atoms with Crippen molar-refractivity contribution < 1.29 is 9.18 Å². The maximum atomic E-state index is 14.1. The molecule has 29 heavy (non-hydrogen) atoms. The minimum Gasteiger partial charge on any atom is -0.302 e. The molecule has 156 valence electrons. The molecular weight excluding hydrogens is 409 g/mol. The number of hydrogen-bond acceptors (Lipinski definition) is 4. The van der Waals surface area contributed by atoms with E-state index in [1.54, 1.807) is 11.0 Å². The number of nitrogens with zero attached hydrogens (tertiary/aromatic N) is 3. The molecule has 1 aromatic heterocycles. The van der Waals surface area contributed by atoms with Crippen molar-refractivity contribution in [2.75, 3.05) is 31.1 Å². The molecule has 7 heteroatoms. The van der Waals surface area contributed by atoms with Gasteiger partial charge < -0.3 is 4.90 Å². The zero-order valence-corrected chi connectivity index (χ0v) is 18.7. The number of benzene rings is 2. The van der Waals surface area contributed by atoms with Crippen molar-refractivity contribution in [3.8, 4) is 0 Å². The summed E-state index contributed by atoms with van der Waals surface area (Å²) in [5.41, 5.74) is 2.44. The van der Waals surface area contributed by atoms with Gasteiger partial charge in [-0.3, -0.25) is 9.69 Å². The van der Waals surface area contributed by atoms with Gasteiger partial charge in [0, 0.05) is 13.1 Å². The summed E-state index contributed by atoms with van der Waals surface area (Å²) < 4.78 is 14.9. The summed E-state index contributed by atoms with van der Waals surface area (Å²) in [6.45, 7) is 9.36. The van der Waals surface area contributed by atoms with Gasteiger partial charge in [-0.15, -0.1) is 12.4 Å². The molecular formula is C22H27ClFN3OS. The van der Waals surface area contributed by atoms with Crippen LogP contribution in [0.15, 0.2) is 42.5 Å². The molecule has 0 saturated heterocycles.